The molecule has 22 heavy (non-hydrogen) atoms. The predicted molar refractivity (Wildman–Crippen MR) is 99.7 cm³/mol. The lowest BCUT2D eigenvalue weighted by atomic mass is 10.3. The second-order valence-corrected chi connectivity index (χ2v) is 6.13. The fraction of sp³-hybridized carbons (Fsp3) is 1.00. The quantitative estimate of drug-likeness (QED) is 0.626. The third-order valence-corrected chi connectivity index (χ3v) is 2.83. The molecule has 0 atom stereocenters. The summed E-state index contributed by atoms with van der Waals surface area (Å²) in [4.78, 5) is 4.51. The molecule has 0 unspecified atom stereocenters. The van der Waals surface area contributed by atoms with Crippen molar-refractivity contribution in [1.82, 2.24) is 9.80 Å². The Hall–Kier alpha value is -0.160. The van der Waals surface area contributed by atoms with E-state index < -0.39 is 0 Å². The fourth-order valence-electron chi connectivity index (χ4n) is 1.51. The van der Waals surface area contributed by atoms with Crippen LogP contribution >= 0.6 is 0 Å². The number of likely N-dealkylation sites (N-methyl/N-ethyl adjacent to an activating group) is 1. The van der Waals surface area contributed by atoms with E-state index in [1.54, 1.807) is 7.11 Å². The maximum atomic E-state index is 8.33. The second-order valence-electron chi connectivity index (χ2n) is 6.13. The molecule has 0 rings (SSSR count). The summed E-state index contributed by atoms with van der Waals surface area (Å²) in [6, 6.07) is 0. The molecule has 0 saturated carbocycles. The van der Waals surface area contributed by atoms with Crippen molar-refractivity contribution < 1.29 is 9.84 Å². The summed E-state index contributed by atoms with van der Waals surface area (Å²) in [5.74, 6) is 0.833. The summed E-state index contributed by atoms with van der Waals surface area (Å²) >= 11 is 0. The van der Waals surface area contributed by atoms with Crippen LogP contribution in [0.1, 0.15) is 54.4 Å². The lowest BCUT2D eigenvalue weighted by Crippen LogP contribution is -2.25. The number of aliphatic hydroxyl groups is 1. The standard InChI is InChI=1S/C9H21NO.C5H13NO.C4H10/c1-4-7-10(5-2)8-6-9-11-3;1-3-6(2)4-5-7;1-4(2)3/h4-9H2,1-3H3;7H,3-5H2,1-2H3;4H,1-3H3. The molecule has 0 fully saturated rings. The smallest absolute Gasteiger partial charge is 0.0558 e. The highest BCUT2D eigenvalue weighted by Gasteiger charge is 1.98. The van der Waals surface area contributed by atoms with Gasteiger partial charge < -0.3 is 19.6 Å². The molecule has 0 heterocycles. The first-order valence-corrected chi connectivity index (χ1v) is 8.89. The van der Waals surface area contributed by atoms with E-state index in [0.717, 1.165) is 38.6 Å². The Morgan fingerprint density at radius 3 is 1.77 bits per heavy atom. The Bertz CT molecular complexity index is 176. The van der Waals surface area contributed by atoms with Crippen molar-refractivity contribution in [2.45, 2.75) is 54.4 Å². The van der Waals surface area contributed by atoms with Crippen molar-refractivity contribution in [3.8, 4) is 0 Å². The molecular weight excluding hydrogens is 276 g/mol. The molecule has 0 saturated heterocycles. The van der Waals surface area contributed by atoms with Gasteiger partial charge in [0.15, 0.2) is 0 Å². The van der Waals surface area contributed by atoms with E-state index >= 15 is 0 Å². The topological polar surface area (TPSA) is 35.9 Å². The minimum absolute atomic E-state index is 0.268. The lowest BCUT2D eigenvalue weighted by Gasteiger charge is -2.18. The van der Waals surface area contributed by atoms with Crippen LogP contribution in [0.4, 0.5) is 0 Å². The van der Waals surface area contributed by atoms with E-state index in [1.807, 2.05) is 7.05 Å². The molecule has 0 spiro atoms. The van der Waals surface area contributed by atoms with Crippen molar-refractivity contribution in [2.75, 3.05) is 60.1 Å². The van der Waals surface area contributed by atoms with E-state index in [1.165, 1.54) is 19.5 Å². The number of rotatable bonds is 10. The molecule has 0 amide bonds. The molecule has 0 aromatic heterocycles. The highest BCUT2D eigenvalue weighted by molar-refractivity contribution is 4.53. The van der Waals surface area contributed by atoms with Crippen molar-refractivity contribution in [2.24, 2.45) is 5.92 Å². The van der Waals surface area contributed by atoms with Gasteiger partial charge in [-0.2, -0.15) is 0 Å². The molecule has 0 bridgehead atoms. The normalized spacial score (nSPS) is 10.4. The molecule has 0 radical (unpaired) electrons. The first-order chi connectivity index (χ1) is 10.4. The zero-order chi connectivity index (χ0) is 17.8. The number of hydrogen-bond donors (Lipinski definition) is 1. The molecular formula is C18H44N2O2. The lowest BCUT2D eigenvalue weighted by molar-refractivity contribution is 0.173. The van der Waals surface area contributed by atoms with Gasteiger partial charge in [-0.1, -0.05) is 41.5 Å². The zero-order valence-corrected chi connectivity index (χ0v) is 16.7. The number of aliphatic hydroxyl groups excluding tert-OH is 1. The summed E-state index contributed by atoms with van der Waals surface area (Å²) in [5, 5.41) is 8.33. The zero-order valence-electron chi connectivity index (χ0n) is 16.7. The van der Waals surface area contributed by atoms with Gasteiger partial charge in [0, 0.05) is 26.8 Å². The van der Waals surface area contributed by atoms with Crippen LogP contribution in [0.2, 0.25) is 0 Å². The molecule has 0 aromatic rings. The molecule has 4 heteroatoms. The van der Waals surface area contributed by atoms with Crippen molar-refractivity contribution >= 4 is 0 Å². The van der Waals surface area contributed by atoms with E-state index in [2.05, 4.69) is 51.3 Å². The molecule has 0 aliphatic carbocycles. The molecule has 0 aliphatic heterocycles. The van der Waals surface area contributed by atoms with Crippen LogP contribution in [0.25, 0.3) is 0 Å². The van der Waals surface area contributed by atoms with Crippen molar-refractivity contribution in [3.05, 3.63) is 0 Å². The van der Waals surface area contributed by atoms with Gasteiger partial charge in [-0.05, 0) is 45.4 Å². The first-order valence-electron chi connectivity index (χ1n) is 8.89. The van der Waals surface area contributed by atoms with E-state index in [-0.39, 0.29) is 6.61 Å². The van der Waals surface area contributed by atoms with Crippen LogP contribution in [-0.2, 0) is 4.74 Å². The van der Waals surface area contributed by atoms with Gasteiger partial charge in [0.25, 0.3) is 0 Å². The molecule has 138 valence electrons. The van der Waals surface area contributed by atoms with Gasteiger partial charge in [-0.3, -0.25) is 0 Å². The number of ether oxygens (including phenoxy) is 1. The first kappa shape index (κ1) is 26.7. The number of nitrogens with zero attached hydrogens (tertiary/aromatic N) is 2. The Morgan fingerprint density at radius 2 is 1.50 bits per heavy atom. The highest BCUT2D eigenvalue weighted by atomic mass is 16.5. The summed E-state index contributed by atoms with van der Waals surface area (Å²) < 4.78 is 4.99. The maximum absolute atomic E-state index is 8.33. The van der Waals surface area contributed by atoms with Gasteiger partial charge in [-0.25, -0.2) is 0 Å². The molecule has 0 aliphatic rings. The largest absolute Gasteiger partial charge is 0.395 e. The molecule has 1 N–H and O–H groups in total. The monoisotopic (exact) mass is 320 g/mol. The summed E-state index contributed by atoms with van der Waals surface area (Å²) in [5.41, 5.74) is 0. The van der Waals surface area contributed by atoms with Crippen LogP contribution in [0.5, 0.6) is 0 Å². The third-order valence-electron chi connectivity index (χ3n) is 2.83. The number of hydrogen-bond acceptors (Lipinski definition) is 4. The van der Waals surface area contributed by atoms with Gasteiger partial charge in [-0.15, -0.1) is 0 Å². The molecule has 4 nitrogen and oxygen atoms in total. The average Bonchev–Trinajstić information content (AvgIpc) is 2.47. The minimum Gasteiger partial charge on any atom is -0.395 e. The Morgan fingerprint density at radius 1 is 0.955 bits per heavy atom. The summed E-state index contributed by atoms with van der Waals surface area (Å²) in [7, 11) is 3.74. The van der Waals surface area contributed by atoms with Gasteiger partial charge >= 0.3 is 0 Å². The Balaban J connectivity index is -0.000000280. The summed E-state index contributed by atoms with van der Waals surface area (Å²) in [6.07, 6.45) is 2.41. The molecule has 0 aromatic carbocycles. The van der Waals surface area contributed by atoms with Crippen LogP contribution in [-0.4, -0.2) is 75.0 Å². The van der Waals surface area contributed by atoms with Gasteiger partial charge in [0.2, 0.25) is 0 Å². The van der Waals surface area contributed by atoms with Crippen LogP contribution in [0, 0.1) is 5.92 Å². The number of methoxy groups -OCH3 is 1. The SMILES string of the molecule is CC(C)C.CCCN(CC)CCCOC.CCN(C)CCO. The van der Waals surface area contributed by atoms with E-state index in [0.29, 0.717) is 0 Å². The third kappa shape index (κ3) is 32.0. The van der Waals surface area contributed by atoms with Gasteiger partial charge in [0.05, 0.1) is 6.61 Å². The highest BCUT2D eigenvalue weighted by Crippen LogP contribution is 1.93. The Labute approximate surface area is 140 Å². The second kappa shape index (κ2) is 23.1. The average molecular weight is 321 g/mol. The van der Waals surface area contributed by atoms with Gasteiger partial charge in [0.1, 0.15) is 0 Å². The minimum atomic E-state index is 0.268. The predicted octanol–water partition coefficient (Wildman–Crippen LogP) is 3.35. The van der Waals surface area contributed by atoms with E-state index in [4.69, 9.17) is 9.84 Å². The fourth-order valence-corrected chi connectivity index (χ4v) is 1.51. The van der Waals surface area contributed by atoms with Crippen LogP contribution in [0.3, 0.4) is 0 Å². The Kier molecular flexibility index (Phi) is 28.1. The summed E-state index contributed by atoms with van der Waals surface area (Å²) in [6.45, 7) is 19.5. The van der Waals surface area contributed by atoms with E-state index in [9.17, 15) is 0 Å². The van der Waals surface area contributed by atoms with Crippen LogP contribution in [0.15, 0.2) is 0 Å². The van der Waals surface area contributed by atoms with Crippen LogP contribution < -0.4 is 0 Å². The maximum Gasteiger partial charge on any atom is 0.0558 e. The van der Waals surface area contributed by atoms with Crippen molar-refractivity contribution in [3.63, 3.8) is 0 Å². The van der Waals surface area contributed by atoms with Crippen molar-refractivity contribution in [1.29, 1.82) is 0 Å².